The zero-order valence-electron chi connectivity index (χ0n) is 15.9. The summed E-state index contributed by atoms with van der Waals surface area (Å²) in [7, 11) is 0. The lowest BCUT2D eigenvalue weighted by atomic mass is 10.1. The van der Waals surface area contributed by atoms with Gasteiger partial charge in [0.1, 0.15) is 11.2 Å². The summed E-state index contributed by atoms with van der Waals surface area (Å²) in [5, 5.41) is 27.7. The molecule has 0 spiro atoms. The lowest BCUT2D eigenvalue weighted by molar-refractivity contribution is -0.129. The largest absolute Gasteiger partial charge is 0.394 e. The van der Waals surface area contributed by atoms with Gasteiger partial charge in [-0.15, -0.1) is 0 Å². The molecule has 0 aliphatic rings. The number of aliphatic hydroxyl groups is 3. The monoisotopic (exact) mass is 385 g/mol. The minimum Gasteiger partial charge on any atom is -0.394 e. The number of rotatable bonds is 10. The van der Waals surface area contributed by atoms with E-state index in [1.54, 1.807) is 11.5 Å². The van der Waals surface area contributed by atoms with Crippen LogP contribution in [0, 0.1) is 0 Å². The normalized spacial score (nSPS) is 15.4. The number of hydroxylamine groups is 1. The van der Waals surface area contributed by atoms with Crippen molar-refractivity contribution in [1.82, 2.24) is 15.0 Å². The van der Waals surface area contributed by atoms with E-state index in [-0.39, 0.29) is 38.1 Å². The number of imidazole rings is 1. The Balaban J connectivity index is 3.39. The first-order valence-corrected chi connectivity index (χ1v) is 8.76. The number of hydrogen-bond donors (Lipinski definition) is 4. The Morgan fingerprint density at radius 1 is 1.44 bits per heavy atom. The third-order valence-corrected chi connectivity index (χ3v) is 3.99. The van der Waals surface area contributed by atoms with Crippen molar-refractivity contribution in [2.24, 2.45) is 0 Å². The number of amides is 1. The number of nitrogens with zero attached hydrogens (tertiary/aromatic N) is 2. The van der Waals surface area contributed by atoms with Crippen molar-refractivity contribution in [3.8, 4) is 0 Å². The molecule has 0 aliphatic carbocycles. The van der Waals surface area contributed by atoms with Crippen LogP contribution in [0.4, 0.5) is 4.39 Å². The van der Waals surface area contributed by atoms with Crippen LogP contribution >= 0.6 is 0 Å². The topological polar surface area (TPSA) is 117 Å². The molecule has 1 heterocycles. The second kappa shape index (κ2) is 11.6. The van der Waals surface area contributed by atoms with Gasteiger partial charge in [0.05, 0.1) is 37.6 Å². The third kappa shape index (κ3) is 6.87. The number of halogens is 1. The van der Waals surface area contributed by atoms with Gasteiger partial charge >= 0.3 is 0 Å². The van der Waals surface area contributed by atoms with Gasteiger partial charge in [-0.1, -0.05) is 12.5 Å². The maximum Gasteiger partial charge on any atom is 0.274 e. The Morgan fingerprint density at radius 3 is 2.70 bits per heavy atom. The molecule has 27 heavy (non-hydrogen) atoms. The van der Waals surface area contributed by atoms with Gasteiger partial charge in [0.15, 0.2) is 0 Å². The molecule has 1 unspecified atom stereocenters. The average Bonchev–Trinajstić information content (AvgIpc) is 3.06. The van der Waals surface area contributed by atoms with Crippen molar-refractivity contribution in [2.75, 3.05) is 19.8 Å². The predicted molar refractivity (Wildman–Crippen MR) is 98.0 cm³/mol. The van der Waals surface area contributed by atoms with Crippen molar-refractivity contribution in [3.05, 3.63) is 28.2 Å². The summed E-state index contributed by atoms with van der Waals surface area (Å²) in [6.07, 6.45) is 2.88. The number of hydrogen-bond acceptors (Lipinski definition) is 6. The molecule has 1 aromatic rings. The minimum absolute atomic E-state index is 0.0518. The van der Waals surface area contributed by atoms with Gasteiger partial charge < -0.3 is 19.9 Å². The van der Waals surface area contributed by atoms with E-state index >= 15 is 0 Å². The Hall–Kier alpha value is -2.07. The van der Waals surface area contributed by atoms with Crippen molar-refractivity contribution >= 4 is 17.8 Å². The van der Waals surface area contributed by atoms with E-state index in [0.717, 1.165) is 5.57 Å². The van der Waals surface area contributed by atoms with Crippen LogP contribution in [0.2, 0.25) is 0 Å². The molecule has 0 saturated heterocycles. The van der Waals surface area contributed by atoms with E-state index < -0.39 is 17.8 Å². The number of aliphatic hydroxyl groups excluding tert-OH is 3. The smallest absolute Gasteiger partial charge is 0.274 e. The van der Waals surface area contributed by atoms with E-state index in [2.05, 4.69) is 10.5 Å². The number of carbonyl (C=O) groups is 1. The maximum absolute atomic E-state index is 13.9. The summed E-state index contributed by atoms with van der Waals surface area (Å²) in [6.45, 7) is 4.55. The first kappa shape index (κ1) is 23.0. The quantitative estimate of drug-likeness (QED) is 0.240. The molecule has 1 aromatic heterocycles. The molecular weight excluding hydrogens is 357 g/mol. The predicted octanol–water partition coefficient (Wildman–Crippen LogP) is -0.729. The molecule has 0 bridgehead atoms. The SMILES string of the molecule is CC/C(C)=C(/C=c1\c(=C(/C)F)ncn1CCC(O)CO)C(=O)NOCCO. The second-order valence-corrected chi connectivity index (χ2v) is 6.03. The first-order valence-electron chi connectivity index (χ1n) is 8.76. The van der Waals surface area contributed by atoms with Crippen LogP contribution in [0.15, 0.2) is 17.5 Å². The van der Waals surface area contributed by atoms with E-state index in [4.69, 9.17) is 15.1 Å². The third-order valence-electron chi connectivity index (χ3n) is 3.99. The molecule has 0 aliphatic heterocycles. The Labute approximate surface area is 157 Å². The molecule has 1 atom stereocenters. The van der Waals surface area contributed by atoms with Gasteiger partial charge in [-0.3, -0.25) is 9.63 Å². The van der Waals surface area contributed by atoms with Crippen LogP contribution in [-0.4, -0.2) is 56.7 Å². The number of allylic oxidation sites excluding steroid dienone is 1. The molecule has 1 amide bonds. The Bertz CT molecular complexity index is 768. The number of carbonyl (C=O) groups excluding carboxylic acids is 1. The fourth-order valence-electron chi connectivity index (χ4n) is 2.29. The molecule has 9 heteroatoms. The van der Waals surface area contributed by atoms with Gasteiger partial charge in [0.2, 0.25) is 0 Å². The summed E-state index contributed by atoms with van der Waals surface area (Å²) in [5.74, 6) is -1.03. The second-order valence-electron chi connectivity index (χ2n) is 6.03. The van der Waals surface area contributed by atoms with E-state index in [0.29, 0.717) is 17.3 Å². The van der Waals surface area contributed by atoms with Crippen molar-refractivity contribution in [2.45, 2.75) is 46.3 Å². The summed E-state index contributed by atoms with van der Waals surface area (Å²) in [4.78, 5) is 21.4. The number of aromatic nitrogens is 2. The van der Waals surface area contributed by atoms with Gasteiger partial charge in [-0.2, -0.15) is 0 Å². The summed E-state index contributed by atoms with van der Waals surface area (Å²) in [5.41, 5.74) is 3.30. The van der Waals surface area contributed by atoms with Crippen molar-refractivity contribution in [3.63, 3.8) is 0 Å². The van der Waals surface area contributed by atoms with E-state index in [1.807, 2.05) is 6.92 Å². The summed E-state index contributed by atoms with van der Waals surface area (Å²) >= 11 is 0. The van der Waals surface area contributed by atoms with Crippen LogP contribution in [0.5, 0.6) is 0 Å². The molecule has 0 aromatic carbocycles. The molecule has 8 nitrogen and oxygen atoms in total. The highest BCUT2D eigenvalue weighted by atomic mass is 19.1. The highest BCUT2D eigenvalue weighted by molar-refractivity contribution is 6.01. The Kier molecular flexibility index (Phi) is 9.87. The molecule has 4 N–H and O–H groups in total. The number of aryl methyl sites for hydroxylation is 1. The van der Waals surface area contributed by atoms with Crippen LogP contribution in [0.1, 0.15) is 33.6 Å². The highest BCUT2D eigenvalue weighted by Gasteiger charge is 2.13. The molecule has 152 valence electrons. The van der Waals surface area contributed by atoms with Crippen molar-refractivity contribution < 1.29 is 29.3 Å². The van der Waals surface area contributed by atoms with E-state index in [1.165, 1.54) is 19.3 Å². The van der Waals surface area contributed by atoms with Crippen LogP contribution < -0.4 is 16.2 Å². The van der Waals surface area contributed by atoms with Gasteiger partial charge in [-0.05, 0) is 32.8 Å². The van der Waals surface area contributed by atoms with E-state index in [9.17, 15) is 14.3 Å². The van der Waals surface area contributed by atoms with Gasteiger partial charge in [0.25, 0.3) is 5.91 Å². The maximum atomic E-state index is 13.9. The molecule has 0 radical (unpaired) electrons. The molecule has 0 fully saturated rings. The molecule has 0 saturated carbocycles. The van der Waals surface area contributed by atoms with Crippen LogP contribution in [-0.2, 0) is 16.2 Å². The zero-order valence-corrected chi connectivity index (χ0v) is 15.9. The molecular formula is C18H28FN3O5. The van der Waals surface area contributed by atoms with Gasteiger partial charge in [0, 0.05) is 12.1 Å². The fourth-order valence-corrected chi connectivity index (χ4v) is 2.29. The number of nitrogens with one attached hydrogen (secondary N) is 1. The first-order chi connectivity index (χ1) is 12.8. The lowest BCUT2D eigenvalue weighted by Gasteiger charge is -2.10. The average molecular weight is 385 g/mol. The van der Waals surface area contributed by atoms with Crippen LogP contribution in [0.3, 0.4) is 0 Å². The molecule has 1 rings (SSSR count). The summed E-state index contributed by atoms with van der Waals surface area (Å²) < 4.78 is 15.5. The standard InChI is InChI=1S/C18H28FN3O5/c1-4-12(2)15(18(26)21-27-8-7-23)9-16-17(13(3)19)20-11-22(16)6-5-14(25)10-24/h9,11,14,23-25H,4-8,10H2,1-3H3,(H,21,26)/b15-12-,16-9+,17-13-. The highest BCUT2D eigenvalue weighted by Crippen LogP contribution is 2.10. The fraction of sp³-hybridized carbons (Fsp3) is 0.556. The van der Waals surface area contributed by atoms with Gasteiger partial charge in [-0.25, -0.2) is 14.9 Å². The van der Waals surface area contributed by atoms with Crippen molar-refractivity contribution in [1.29, 1.82) is 0 Å². The lowest BCUT2D eigenvalue weighted by Crippen LogP contribution is -2.34. The zero-order chi connectivity index (χ0) is 20.4. The van der Waals surface area contributed by atoms with Crippen LogP contribution in [0.25, 0.3) is 11.9 Å². The summed E-state index contributed by atoms with van der Waals surface area (Å²) in [6, 6.07) is 0. The minimum atomic E-state index is -0.901. The Morgan fingerprint density at radius 2 is 2.15 bits per heavy atom.